The Labute approximate surface area is 338 Å². The number of furan rings is 1. The Morgan fingerprint density at radius 2 is 1.02 bits per heavy atom. The fourth-order valence-electron chi connectivity index (χ4n) is 6.99. The van der Waals surface area contributed by atoms with Gasteiger partial charge < -0.3 is 4.42 Å². The molecule has 0 saturated heterocycles. The van der Waals surface area contributed by atoms with Crippen molar-refractivity contribution in [1.29, 1.82) is 5.26 Å². The van der Waals surface area contributed by atoms with E-state index in [1.807, 2.05) is 140 Å². The van der Waals surface area contributed by atoms with E-state index in [1.54, 1.807) is 17.8 Å². The Hall–Kier alpha value is -7.73. The minimum absolute atomic E-state index is 0.535. The van der Waals surface area contributed by atoms with Crippen molar-refractivity contribution in [1.82, 2.24) is 24.9 Å². The molecule has 10 rings (SSSR count). The normalized spacial score (nSPS) is 11.2. The summed E-state index contributed by atoms with van der Waals surface area (Å²) in [5.74, 6) is 2.30. The molecule has 7 aromatic carbocycles. The molecule has 0 aliphatic heterocycles. The molecule has 0 radical (unpaired) electrons. The number of fused-ring (bicyclic) bond motifs is 3. The molecule has 0 atom stereocenters. The van der Waals surface area contributed by atoms with Gasteiger partial charge in [-0.1, -0.05) is 133 Å². The first-order chi connectivity index (χ1) is 28.6. The van der Waals surface area contributed by atoms with Gasteiger partial charge in [0.2, 0.25) is 0 Å². The maximum absolute atomic E-state index is 9.39. The van der Waals surface area contributed by atoms with E-state index in [0.717, 1.165) is 76.4 Å². The van der Waals surface area contributed by atoms with E-state index < -0.39 is 0 Å². The van der Waals surface area contributed by atoms with Crippen LogP contribution in [0, 0.1) is 11.3 Å². The van der Waals surface area contributed by atoms with E-state index in [1.165, 1.54) is 0 Å². The maximum atomic E-state index is 9.39. The van der Waals surface area contributed by atoms with E-state index >= 15 is 0 Å². The van der Waals surface area contributed by atoms with Crippen LogP contribution in [0.4, 0.5) is 0 Å². The summed E-state index contributed by atoms with van der Waals surface area (Å²) < 4.78 is 6.45. The van der Waals surface area contributed by atoms with Crippen LogP contribution < -0.4 is 0 Å². The summed E-state index contributed by atoms with van der Waals surface area (Å²) in [6, 6.07) is 60.5. The molecule has 0 spiro atoms. The number of benzene rings is 7. The first-order valence-corrected chi connectivity index (χ1v) is 19.5. The third-order valence-electron chi connectivity index (χ3n) is 9.90. The summed E-state index contributed by atoms with van der Waals surface area (Å²) in [6.07, 6.45) is 1.92. The molecule has 8 heteroatoms. The van der Waals surface area contributed by atoms with Crippen LogP contribution in [-0.2, 0) is 0 Å². The van der Waals surface area contributed by atoms with Gasteiger partial charge in [0.15, 0.2) is 23.3 Å². The van der Waals surface area contributed by atoms with Gasteiger partial charge in [0.25, 0.3) is 0 Å². The lowest BCUT2D eigenvalue weighted by atomic mass is 10.0. The van der Waals surface area contributed by atoms with E-state index in [4.69, 9.17) is 29.3 Å². The monoisotopic (exact) mass is 762 g/mol. The molecule has 0 amide bonds. The summed E-state index contributed by atoms with van der Waals surface area (Å²) in [5, 5.41) is 11.3. The Kier molecular flexibility index (Phi) is 9.03. The lowest BCUT2D eigenvalue weighted by Crippen LogP contribution is -2.00. The van der Waals surface area contributed by atoms with Crippen molar-refractivity contribution in [3.8, 4) is 74.0 Å². The van der Waals surface area contributed by atoms with Crippen LogP contribution in [0.3, 0.4) is 0 Å². The molecule has 0 saturated carbocycles. The molecule has 272 valence electrons. The predicted octanol–water partition coefficient (Wildman–Crippen LogP) is 12.6. The molecule has 0 fully saturated rings. The molecule has 3 aromatic heterocycles. The van der Waals surface area contributed by atoms with E-state index in [0.29, 0.717) is 28.9 Å². The van der Waals surface area contributed by atoms with Crippen LogP contribution >= 0.6 is 11.8 Å². The van der Waals surface area contributed by atoms with Crippen molar-refractivity contribution in [2.45, 2.75) is 9.79 Å². The van der Waals surface area contributed by atoms with Gasteiger partial charge in [0.1, 0.15) is 11.2 Å². The number of nitrogens with zero attached hydrogens (tertiary/aromatic N) is 6. The Morgan fingerprint density at radius 1 is 0.431 bits per heavy atom. The largest absolute Gasteiger partial charge is 0.456 e. The fraction of sp³-hybridized carbons (Fsp3) is 0. The molecule has 10 aromatic rings. The second-order valence-corrected chi connectivity index (χ2v) is 14.8. The van der Waals surface area contributed by atoms with E-state index in [9.17, 15) is 5.26 Å². The average Bonchev–Trinajstić information content (AvgIpc) is 3.67. The van der Waals surface area contributed by atoms with Crippen LogP contribution in [0.1, 0.15) is 5.56 Å². The SMILES string of the molecule is N#Cc1cccc(-c2ccc(-c3nc(-c4ccccc4)nc(-c4ccc5c(c4)oc4ccc(-c6ncc(Sc7ccccc7)c(-c7ccccc7)n6)cc45)n3)cc2)c1. The third-order valence-corrected chi connectivity index (χ3v) is 10.9. The molecule has 7 nitrogen and oxygen atoms in total. The van der Waals surface area contributed by atoms with Crippen molar-refractivity contribution in [3.05, 3.63) is 188 Å². The zero-order valence-electron chi connectivity index (χ0n) is 30.8. The fourth-order valence-corrected chi connectivity index (χ4v) is 7.90. The van der Waals surface area contributed by atoms with Crippen LogP contribution in [-0.4, -0.2) is 24.9 Å². The molecule has 0 aliphatic carbocycles. The highest BCUT2D eigenvalue weighted by Gasteiger charge is 2.17. The van der Waals surface area contributed by atoms with Gasteiger partial charge in [0.05, 0.1) is 22.2 Å². The number of aromatic nitrogens is 5. The van der Waals surface area contributed by atoms with E-state index in [-0.39, 0.29) is 0 Å². The third kappa shape index (κ3) is 6.87. The highest BCUT2D eigenvalue weighted by molar-refractivity contribution is 7.99. The van der Waals surface area contributed by atoms with Crippen molar-refractivity contribution >= 4 is 33.7 Å². The van der Waals surface area contributed by atoms with Gasteiger partial charge in [-0.3, -0.25) is 0 Å². The summed E-state index contributed by atoms with van der Waals surface area (Å²) in [6.45, 7) is 0. The van der Waals surface area contributed by atoms with Gasteiger partial charge in [-0.15, -0.1) is 0 Å². The highest BCUT2D eigenvalue weighted by atomic mass is 32.2. The topological polar surface area (TPSA) is 101 Å². The average molecular weight is 763 g/mol. The van der Waals surface area contributed by atoms with Crippen molar-refractivity contribution in [2.24, 2.45) is 0 Å². The highest BCUT2D eigenvalue weighted by Crippen LogP contribution is 2.38. The molecule has 58 heavy (non-hydrogen) atoms. The van der Waals surface area contributed by atoms with Crippen LogP contribution in [0.2, 0.25) is 0 Å². The van der Waals surface area contributed by atoms with E-state index in [2.05, 4.69) is 42.5 Å². The van der Waals surface area contributed by atoms with Crippen molar-refractivity contribution in [3.63, 3.8) is 0 Å². The zero-order valence-corrected chi connectivity index (χ0v) is 31.6. The summed E-state index contributed by atoms with van der Waals surface area (Å²) in [7, 11) is 0. The van der Waals surface area contributed by atoms with Crippen molar-refractivity contribution < 1.29 is 4.42 Å². The van der Waals surface area contributed by atoms with Gasteiger partial charge >= 0.3 is 0 Å². The minimum atomic E-state index is 0.535. The van der Waals surface area contributed by atoms with Crippen LogP contribution in [0.15, 0.2) is 196 Å². The van der Waals surface area contributed by atoms with Gasteiger partial charge in [0, 0.05) is 49.7 Å². The molecule has 0 aliphatic rings. The summed E-state index contributed by atoms with van der Waals surface area (Å²) in [5.41, 5.74) is 9.42. The standard InChI is InChI=1S/C50H30N6OS/c51-30-32-11-10-16-37(27-32)33-19-21-36(22-20-33)49-54-48(35-14-6-2-7-15-35)55-50(56-49)39-23-25-41-42-28-38(24-26-43(42)57-44(41)29-39)47-52-31-45(58-40-17-8-3-9-18-40)46(53-47)34-12-4-1-5-13-34/h1-29,31H. The Morgan fingerprint density at radius 3 is 1.74 bits per heavy atom. The summed E-state index contributed by atoms with van der Waals surface area (Å²) >= 11 is 1.65. The number of hydrogen-bond acceptors (Lipinski definition) is 8. The molecular weight excluding hydrogens is 733 g/mol. The first kappa shape index (κ1) is 34.7. The Balaban J connectivity index is 1.02. The van der Waals surface area contributed by atoms with Crippen LogP contribution in [0.25, 0.3) is 89.9 Å². The molecule has 3 heterocycles. The predicted molar refractivity (Wildman–Crippen MR) is 231 cm³/mol. The second kappa shape index (κ2) is 15.1. The lowest BCUT2D eigenvalue weighted by molar-refractivity contribution is 0.669. The second-order valence-electron chi connectivity index (χ2n) is 13.7. The smallest absolute Gasteiger partial charge is 0.164 e. The molecule has 0 bridgehead atoms. The molecule has 0 unspecified atom stereocenters. The number of hydrogen-bond donors (Lipinski definition) is 0. The number of nitriles is 1. The maximum Gasteiger partial charge on any atom is 0.164 e. The molecule has 0 N–H and O–H groups in total. The van der Waals surface area contributed by atoms with Gasteiger partial charge in [-0.05, 0) is 65.7 Å². The Bertz CT molecular complexity index is 3140. The molecular formula is C50H30N6OS. The summed E-state index contributed by atoms with van der Waals surface area (Å²) in [4.78, 5) is 26.9. The van der Waals surface area contributed by atoms with Gasteiger partial charge in [-0.2, -0.15) is 5.26 Å². The van der Waals surface area contributed by atoms with Gasteiger partial charge in [-0.25, -0.2) is 24.9 Å². The van der Waals surface area contributed by atoms with Crippen molar-refractivity contribution in [2.75, 3.05) is 0 Å². The first-order valence-electron chi connectivity index (χ1n) is 18.7. The zero-order chi connectivity index (χ0) is 38.8. The quantitative estimate of drug-likeness (QED) is 0.151. The minimum Gasteiger partial charge on any atom is -0.456 e. The van der Waals surface area contributed by atoms with Crippen LogP contribution in [0.5, 0.6) is 0 Å². The lowest BCUT2D eigenvalue weighted by Gasteiger charge is -2.11. The number of rotatable bonds is 8.